The summed E-state index contributed by atoms with van der Waals surface area (Å²) in [6, 6.07) is 8.92. The van der Waals surface area contributed by atoms with Gasteiger partial charge in [-0.25, -0.2) is 21.6 Å². The Kier molecular flexibility index (Phi) is 4.52. The molecule has 0 bridgehead atoms. The molecule has 1 heterocycles. The predicted molar refractivity (Wildman–Crippen MR) is 82.6 cm³/mol. The lowest BCUT2D eigenvalue weighted by atomic mass is 10.1. The highest BCUT2D eigenvalue weighted by Crippen LogP contribution is 2.21. The Morgan fingerprint density at radius 2 is 1.67 bits per heavy atom. The average molecular weight is 345 g/mol. The fourth-order valence-corrected chi connectivity index (χ4v) is 4.65. The van der Waals surface area contributed by atoms with E-state index >= 15 is 0 Å². The zero-order valence-electron chi connectivity index (χ0n) is 11.5. The Morgan fingerprint density at radius 3 is 2.14 bits per heavy atom. The predicted octanol–water partition coefficient (Wildman–Crippen LogP) is 2.19. The van der Waals surface area contributed by atoms with E-state index < -0.39 is 25.9 Å². The number of sulfone groups is 1. The molecule has 1 N–H and O–H groups in total. The monoisotopic (exact) mass is 345 g/mol. The Labute approximate surface area is 128 Å². The van der Waals surface area contributed by atoms with E-state index in [-0.39, 0.29) is 9.10 Å². The normalized spacial score (nSPS) is 14.0. The summed E-state index contributed by atoms with van der Waals surface area (Å²) < 4.78 is 49.8. The van der Waals surface area contributed by atoms with E-state index in [1.54, 1.807) is 30.5 Å². The van der Waals surface area contributed by atoms with Crippen LogP contribution in [0.2, 0.25) is 0 Å². The van der Waals surface area contributed by atoms with Crippen LogP contribution in [0.25, 0.3) is 0 Å². The smallest absolute Gasteiger partial charge is 0.224 e. The van der Waals surface area contributed by atoms with Crippen LogP contribution in [0, 0.1) is 0 Å². The van der Waals surface area contributed by atoms with Crippen molar-refractivity contribution in [3.63, 3.8) is 0 Å². The van der Waals surface area contributed by atoms with Crippen LogP contribution in [-0.4, -0.2) is 23.1 Å². The summed E-state index contributed by atoms with van der Waals surface area (Å²) in [6.07, 6.45) is 1.13. The fourth-order valence-electron chi connectivity index (χ4n) is 1.78. The van der Waals surface area contributed by atoms with Gasteiger partial charge in [-0.1, -0.05) is 18.2 Å². The molecule has 21 heavy (non-hydrogen) atoms. The fraction of sp³-hybridized carbons (Fsp3) is 0.231. The molecule has 8 heteroatoms. The summed E-state index contributed by atoms with van der Waals surface area (Å²) in [7, 11) is -6.81. The second-order valence-corrected chi connectivity index (χ2v) is 9.52. The molecular formula is C13H15NO4S3. The first-order chi connectivity index (χ1) is 9.70. The zero-order chi connectivity index (χ0) is 15.7. The lowest BCUT2D eigenvalue weighted by molar-refractivity contribution is 0.568. The van der Waals surface area contributed by atoms with Crippen LogP contribution >= 0.6 is 11.3 Å². The number of rotatable bonds is 5. The third-order valence-electron chi connectivity index (χ3n) is 2.90. The first-order valence-corrected chi connectivity index (χ1v) is 10.3. The van der Waals surface area contributed by atoms with Gasteiger partial charge in [0.25, 0.3) is 10.0 Å². The Bertz CT molecular complexity index is 807. The maximum Gasteiger partial charge on any atom is 0.250 e. The van der Waals surface area contributed by atoms with Crippen LogP contribution in [0.4, 0.5) is 0 Å². The molecule has 114 valence electrons. The minimum absolute atomic E-state index is 0.208. The topological polar surface area (TPSA) is 80.3 Å². The standard InChI is InChI=1S/C13H15NO4S3/c1-10(14-21(17,18)13-4-3-9-19-13)11-5-7-12(8-6-11)20(2,15)16/h3-10,14H,1-2H3/t10-/m0/s1. The highest BCUT2D eigenvalue weighted by molar-refractivity contribution is 7.91. The second kappa shape index (κ2) is 5.88. The molecule has 5 nitrogen and oxygen atoms in total. The molecule has 0 aliphatic carbocycles. The Morgan fingerprint density at radius 1 is 1.05 bits per heavy atom. The number of hydrogen-bond donors (Lipinski definition) is 1. The highest BCUT2D eigenvalue weighted by Gasteiger charge is 2.19. The molecule has 0 fully saturated rings. The number of thiophene rings is 1. The van der Waals surface area contributed by atoms with Gasteiger partial charge in [-0.3, -0.25) is 0 Å². The number of sulfonamides is 1. The summed E-state index contributed by atoms with van der Waals surface area (Å²) in [6.45, 7) is 1.71. The van der Waals surface area contributed by atoms with E-state index in [1.807, 2.05) is 0 Å². The maximum atomic E-state index is 12.1. The summed E-state index contributed by atoms with van der Waals surface area (Å²) in [5.74, 6) is 0. The minimum Gasteiger partial charge on any atom is -0.224 e. The van der Waals surface area contributed by atoms with Crippen LogP contribution in [-0.2, 0) is 19.9 Å². The van der Waals surface area contributed by atoms with Gasteiger partial charge >= 0.3 is 0 Å². The summed E-state index contributed by atoms with van der Waals surface area (Å²) in [4.78, 5) is 0.208. The van der Waals surface area contributed by atoms with Crippen molar-refractivity contribution in [2.45, 2.75) is 22.1 Å². The number of hydrogen-bond acceptors (Lipinski definition) is 5. The molecule has 0 aliphatic heterocycles. The maximum absolute atomic E-state index is 12.1. The van der Waals surface area contributed by atoms with Gasteiger partial charge in [0.15, 0.2) is 9.84 Å². The van der Waals surface area contributed by atoms with Crippen LogP contribution in [0.1, 0.15) is 18.5 Å². The summed E-state index contributed by atoms with van der Waals surface area (Å²) >= 11 is 1.14. The second-order valence-electron chi connectivity index (χ2n) is 4.62. The van der Waals surface area contributed by atoms with Crippen molar-refractivity contribution in [3.8, 4) is 0 Å². The molecule has 0 spiro atoms. The lowest BCUT2D eigenvalue weighted by Crippen LogP contribution is -2.26. The van der Waals surface area contributed by atoms with Crippen molar-refractivity contribution in [2.24, 2.45) is 0 Å². The zero-order valence-corrected chi connectivity index (χ0v) is 13.9. The van der Waals surface area contributed by atoms with Gasteiger partial charge in [-0.2, -0.15) is 0 Å². The van der Waals surface area contributed by atoms with Crippen molar-refractivity contribution in [3.05, 3.63) is 47.3 Å². The van der Waals surface area contributed by atoms with Gasteiger partial charge in [0, 0.05) is 12.3 Å². The molecular weight excluding hydrogens is 330 g/mol. The molecule has 0 saturated carbocycles. The molecule has 0 radical (unpaired) electrons. The molecule has 1 atom stereocenters. The van der Waals surface area contributed by atoms with Gasteiger partial charge in [0.1, 0.15) is 4.21 Å². The highest BCUT2D eigenvalue weighted by atomic mass is 32.2. The quantitative estimate of drug-likeness (QED) is 0.901. The van der Waals surface area contributed by atoms with Crippen molar-refractivity contribution in [2.75, 3.05) is 6.26 Å². The lowest BCUT2D eigenvalue weighted by Gasteiger charge is -2.14. The number of benzene rings is 1. The Hall–Kier alpha value is -1.22. The third kappa shape index (κ3) is 3.91. The van der Waals surface area contributed by atoms with Gasteiger partial charge in [-0.15, -0.1) is 11.3 Å². The van der Waals surface area contributed by atoms with E-state index in [0.717, 1.165) is 17.6 Å². The van der Waals surface area contributed by atoms with E-state index in [0.29, 0.717) is 5.56 Å². The first-order valence-electron chi connectivity index (χ1n) is 6.06. The van der Waals surface area contributed by atoms with Crippen molar-refractivity contribution in [1.82, 2.24) is 4.72 Å². The molecule has 0 amide bonds. The van der Waals surface area contributed by atoms with E-state index in [9.17, 15) is 16.8 Å². The minimum atomic E-state index is -3.55. The first kappa shape index (κ1) is 16.2. The SMILES string of the molecule is C[C@H](NS(=O)(=O)c1cccs1)c1ccc(S(C)(=O)=O)cc1. The third-order valence-corrected chi connectivity index (χ3v) is 6.97. The van der Waals surface area contributed by atoms with E-state index in [2.05, 4.69) is 4.72 Å². The van der Waals surface area contributed by atoms with Crippen LogP contribution in [0.5, 0.6) is 0 Å². The Balaban J connectivity index is 2.20. The van der Waals surface area contributed by atoms with Crippen LogP contribution in [0.15, 0.2) is 50.9 Å². The molecule has 2 rings (SSSR count). The molecule has 2 aromatic rings. The molecule has 1 aromatic carbocycles. The van der Waals surface area contributed by atoms with Gasteiger partial charge in [0.2, 0.25) is 0 Å². The number of nitrogens with one attached hydrogen (secondary N) is 1. The van der Waals surface area contributed by atoms with Crippen molar-refractivity contribution in [1.29, 1.82) is 0 Å². The van der Waals surface area contributed by atoms with Crippen molar-refractivity contribution >= 4 is 31.2 Å². The van der Waals surface area contributed by atoms with Gasteiger partial charge in [0.05, 0.1) is 4.90 Å². The average Bonchev–Trinajstić information content (AvgIpc) is 2.92. The molecule has 0 aliphatic rings. The van der Waals surface area contributed by atoms with Crippen LogP contribution in [0.3, 0.4) is 0 Å². The van der Waals surface area contributed by atoms with Gasteiger partial charge < -0.3 is 0 Å². The van der Waals surface area contributed by atoms with Crippen LogP contribution < -0.4 is 4.72 Å². The molecule has 0 unspecified atom stereocenters. The van der Waals surface area contributed by atoms with Crippen molar-refractivity contribution < 1.29 is 16.8 Å². The molecule has 1 aromatic heterocycles. The van der Waals surface area contributed by atoms with E-state index in [1.165, 1.54) is 18.2 Å². The summed E-state index contributed by atoms with van der Waals surface area (Å²) in [5.41, 5.74) is 0.697. The summed E-state index contributed by atoms with van der Waals surface area (Å²) in [5, 5.41) is 1.69. The van der Waals surface area contributed by atoms with E-state index in [4.69, 9.17) is 0 Å². The largest absolute Gasteiger partial charge is 0.250 e. The van der Waals surface area contributed by atoms with Gasteiger partial charge in [-0.05, 0) is 36.1 Å². The molecule has 0 saturated heterocycles.